The number of benzene rings is 1. The summed E-state index contributed by atoms with van der Waals surface area (Å²) in [4.78, 5) is 14.8. The minimum absolute atomic E-state index is 0.0188. The van der Waals surface area contributed by atoms with Gasteiger partial charge >= 0.3 is 0 Å². The number of nitrogens with one attached hydrogen (secondary N) is 1. The van der Waals surface area contributed by atoms with Crippen LogP contribution in [0.4, 0.5) is 5.69 Å². The van der Waals surface area contributed by atoms with Crippen molar-refractivity contribution >= 4 is 11.6 Å². The summed E-state index contributed by atoms with van der Waals surface area (Å²) in [6, 6.07) is 5.98. The molecular formula is C17H26N2O3. The second kappa shape index (κ2) is 7.11. The number of carbonyl (C=O) groups excluding carboxylic acids is 1. The van der Waals surface area contributed by atoms with Gasteiger partial charge in [0, 0.05) is 23.3 Å². The van der Waals surface area contributed by atoms with Gasteiger partial charge in [0.1, 0.15) is 5.75 Å². The van der Waals surface area contributed by atoms with Crippen molar-refractivity contribution in [1.82, 2.24) is 4.90 Å². The molecule has 0 aliphatic carbocycles. The number of methoxy groups -OCH3 is 1. The number of carbonyl (C=O) groups is 1. The van der Waals surface area contributed by atoms with Crippen LogP contribution in [0, 0.1) is 0 Å². The van der Waals surface area contributed by atoms with Gasteiger partial charge in [0.25, 0.3) is 0 Å². The fraction of sp³-hybridized carbons (Fsp3) is 0.588. The van der Waals surface area contributed by atoms with Crippen LogP contribution in [-0.2, 0) is 11.4 Å². The molecule has 5 heteroatoms. The summed E-state index contributed by atoms with van der Waals surface area (Å²) in [7, 11) is 1.56. The molecule has 122 valence electrons. The van der Waals surface area contributed by atoms with Gasteiger partial charge in [0.05, 0.1) is 19.8 Å². The maximum Gasteiger partial charge on any atom is 0.241 e. The van der Waals surface area contributed by atoms with Gasteiger partial charge in [-0.3, -0.25) is 9.69 Å². The minimum Gasteiger partial charge on any atom is -0.496 e. The molecule has 1 aliphatic rings. The van der Waals surface area contributed by atoms with Crippen molar-refractivity contribution < 1.29 is 14.6 Å². The average Bonchev–Trinajstić information content (AvgIpc) is 2.85. The molecule has 1 aliphatic heterocycles. The molecule has 2 rings (SSSR count). The molecule has 0 bridgehead atoms. The first-order valence-corrected chi connectivity index (χ1v) is 7.84. The number of aliphatic hydroxyl groups is 1. The quantitative estimate of drug-likeness (QED) is 0.877. The lowest BCUT2D eigenvalue weighted by molar-refractivity contribution is -0.121. The minimum atomic E-state index is -0.174. The summed E-state index contributed by atoms with van der Waals surface area (Å²) in [5.74, 6) is 0.602. The van der Waals surface area contributed by atoms with Gasteiger partial charge in [0.2, 0.25) is 5.91 Å². The molecule has 1 fully saturated rings. The van der Waals surface area contributed by atoms with Crippen LogP contribution in [-0.4, -0.2) is 41.1 Å². The second-order valence-corrected chi connectivity index (χ2v) is 6.07. The number of anilines is 1. The maximum atomic E-state index is 12.5. The maximum absolute atomic E-state index is 12.5. The number of aliphatic hydroxyl groups excluding tert-OH is 1. The van der Waals surface area contributed by atoms with E-state index in [4.69, 9.17) is 4.74 Å². The van der Waals surface area contributed by atoms with Gasteiger partial charge < -0.3 is 15.2 Å². The number of hydrogen-bond acceptors (Lipinski definition) is 4. The first-order valence-electron chi connectivity index (χ1n) is 7.84. The van der Waals surface area contributed by atoms with Crippen molar-refractivity contribution in [3.05, 3.63) is 23.8 Å². The Bertz CT molecular complexity index is 523. The molecule has 0 aromatic heterocycles. The standard InChI is InChI=1S/C17H26N2O3/c1-11-5-6-12(2)19(11)13(3)17(21)18-15-7-8-16(22-4)14(9-15)10-20/h7-9,11-13,20H,5-6,10H2,1-4H3,(H,18,21)/t11-,12+,13-/m0/s1. The Morgan fingerprint density at radius 2 is 2.05 bits per heavy atom. The van der Waals surface area contributed by atoms with Gasteiger partial charge in [-0.2, -0.15) is 0 Å². The highest BCUT2D eigenvalue weighted by atomic mass is 16.5. The Balaban J connectivity index is 2.08. The van der Waals surface area contributed by atoms with Gasteiger partial charge in [-0.1, -0.05) is 0 Å². The van der Waals surface area contributed by atoms with Crippen LogP contribution >= 0.6 is 0 Å². The molecule has 0 saturated carbocycles. The van der Waals surface area contributed by atoms with E-state index in [-0.39, 0.29) is 18.6 Å². The summed E-state index contributed by atoms with van der Waals surface area (Å²) in [5.41, 5.74) is 1.34. The van der Waals surface area contributed by atoms with Crippen LogP contribution in [0.2, 0.25) is 0 Å². The largest absolute Gasteiger partial charge is 0.496 e. The topological polar surface area (TPSA) is 61.8 Å². The summed E-state index contributed by atoms with van der Waals surface area (Å²) >= 11 is 0. The molecule has 0 radical (unpaired) electrons. The Labute approximate surface area is 132 Å². The van der Waals surface area contributed by atoms with Crippen LogP contribution < -0.4 is 10.1 Å². The third kappa shape index (κ3) is 3.42. The highest BCUT2D eigenvalue weighted by Crippen LogP contribution is 2.27. The lowest BCUT2D eigenvalue weighted by Crippen LogP contribution is -2.46. The second-order valence-electron chi connectivity index (χ2n) is 6.07. The predicted molar refractivity (Wildman–Crippen MR) is 87.0 cm³/mol. The van der Waals surface area contributed by atoms with E-state index in [0.29, 0.717) is 29.1 Å². The number of nitrogens with zero attached hydrogens (tertiary/aromatic N) is 1. The smallest absolute Gasteiger partial charge is 0.241 e. The number of hydrogen-bond donors (Lipinski definition) is 2. The molecule has 1 aromatic carbocycles. The van der Waals surface area contributed by atoms with Crippen LogP contribution in [0.25, 0.3) is 0 Å². The normalized spacial score (nSPS) is 23.3. The number of rotatable bonds is 5. The lowest BCUT2D eigenvalue weighted by Gasteiger charge is -2.31. The SMILES string of the molecule is COc1ccc(NC(=O)[C@H](C)N2[C@H](C)CC[C@@H]2C)cc1CO. The monoisotopic (exact) mass is 306 g/mol. The average molecular weight is 306 g/mol. The zero-order chi connectivity index (χ0) is 16.3. The molecule has 1 aromatic rings. The molecule has 0 unspecified atom stereocenters. The van der Waals surface area contributed by atoms with Gasteiger partial charge in [-0.25, -0.2) is 0 Å². The van der Waals surface area contributed by atoms with Crippen LogP contribution in [0.1, 0.15) is 39.2 Å². The van der Waals surface area contributed by atoms with E-state index in [9.17, 15) is 9.90 Å². The Hall–Kier alpha value is -1.59. The molecule has 1 saturated heterocycles. The fourth-order valence-electron chi connectivity index (χ4n) is 3.34. The van der Waals surface area contributed by atoms with Crippen LogP contribution in [0.5, 0.6) is 5.75 Å². The first kappa shape index (κ1) is 16.8. The Kier molecular flexibility index (Phi) is 5.42. The molecule has 3 atom stereocenters. The van der Waals surface area contributed by atoms with Gasteiger partial charge in [-0.15, -0.1) is 0 Å². The van der Waals surface area contributed by atoms with Crippen molar-refractivity contribution in [1.29, 1.82) is 0 Å². The molecule has 5 nitrogen and oxygen atoms in total. The van der Waals surface area contributed by atoms with Crippen molar-refractivity contribution in [3.8, 4) is 5.75 Å². The molecule has 1 amide bonds. The van der Waals surface area contributed by atoms with E-state index in [1.807, 2.05) is 6.92 Å². The first-order chi connectivity index (χ1) is 10.5. The molecule has 2 N–H and O–H groups in total. The zero-order valence-corrected chi connectivity index (χ0v) is 13.8. The summed E-state index contributed by atoms with van der Waals surface area (Å²) in [6.45, 7) is 6.17. The van der Waals surface area contributed by atoms with Crippen molar-refractivity contribution in [2.45, 2.75) is 58.3 Å². The van der Waals surface area contributed by atoms with Crippen molar-refractivity contribution in [3.63, 3.8) is 0 Å². The molecule has 0 spiro atoms. The zero-order valence-electron chi connectivity index (χ0n) is 13.8. The molecular weight excluding hydrogens is 280 g/mol. The number of amides is 1. The van der Waals surface area contributed by atoms with E-state index < -0.39 is 0 Å². The fourth-order valence-corrected chi connectivity index (χ4v) is 3.34. The van der Waals surface area contributed by atoms with Crippen molar-refractivity contribution in [2.24, 2.45) is 0 Å². The highest BCUT2D eigenvalue weighted by molar-refractivity contribution is 5.94. The van der Waals surface area contributed by atoms with E-state index in [2.05, 4.69) is 24.1 Å². The molecule has 1 heterocycles. The van der Waals surface area contributed by atoms with E-state index >= 15 is 0 Å². The van der Waals surface area contributed by atoms with E-state index in [0.717, 1.165) is 12.8 Å². The summed E-state index contributed by atoms with van der Waals surface area (Å²) < 4.78 is 5.17. The van der Waals surface area contributed by atoms with Crippen molar-refractivity contribution in [2.75, 3.05) is 12.4 Å². The lowest BCUT2D eigenvalue weighted by atomic mass is 10.1. The highest BCUT2D eigenvalue weighted by Gasteiger charge is 2.34. The number of likely N-dealkylation sites (tertiary alicyclic amines) is 1. The Morgan fingerprint density at radius 1 is 1.41 bits per heavy atom. The van der Waals surface area contributed by atoms with Crippen LogP contribution in [0.3, 0.4) is 0 Å². The third-order valence-electron chi connectivity index (χ3n) is 4.57. The third-order valence-corrected chi connectivity index (χ3v) is 4.57. The van der Waals surface area contributed by atoms with E-state index in [1.54, 1.807) is 25.3 Å². The number of ether oxygens (including phenoxy) is 1. The predicted octanol–water partition coefficient (Wildman–Crippen LogP) is 2.39. The van der Waals surface area contributed by atoms with E-state index in [1.165, 1.54) is 0 Å². The van der Waals surface area contributed by atoms with Gasteiger partial charge in [-0.05, 0) is 51.8 Å². The van der Waals surface area contributed by atoms with Crippen LogP contribution in [0.15, 0.2) is 18.2 Å². The summed E-state index contributed by atoms with van der Waals surface area (Å²) in [5, 5.41) is 12.3. The Morgan fingerprint density at radius 3 is 2.59 bits per heavy atom. The molecule has 22 heavy (non-hydrogen) atoms. The van der Waals surface area contributed by atoms with Gasteiger partial charge in [0.15, 0.2) is 0 Å². The summed E-state index contributed by atoms with van der Waals surface area (Å²) in [6.07, 6.45) is 2.27.